The molecule has 1 aromatic carbocycles. The van der Waals surface area contributed by atoms with Gasteiger partial charge in [-0.1, -0.05) is 12.1 Å². The van der Waals surface area contributed by atoms with E-state index >= 15 is 0 Å². The minimum absolute atomic E-state index is 0.251. The van der Waals surface area contributed by atoms with Gasteiger partial charge in [-0.15, -0.1) is 0 Å². The second-order valence-corrected chi connectivity index (χ2v) is 5.91. The molecule has 2 N–H and O–H groups in total. The molecule has 1 saturated carbocycles. The first-order valence-electron chi connectivity index (χ1n) is 6.21. The molecule has 0 aromatic heterocycles. The number of nitrogen functional groups attached to an aromatic ring is 1. The van der Waals surface area contributed by atoms with Crippen molar-refractivity contribution < 1.29 is 4.79 Å². The SMILES string of the molecule is CSCCN(C)C(=O)C1(c2ccc(N)cc2)CC1. The summed E-state index contributed by atoms with van der Waals surface area (Å²) in [7, 11) is 1.90. The maximum Gasteiger partial charge on any atom is 0.232 e. The van der Waals surface area contributed by atoms with Crippen LogP contribution in [0.5, 0.6) is 0 Å². The normalized spacial score (nSPS) is 16.3. The summed E-state index contributed by atoms with van der Waals surface area (Å²) in [5.74, 6) is 1.24. The summed E-state index contributed by atoms with van der Waals surface area (Å²) in [6.45, 7) is 0.816. The molecule has 0 aliphatic heterocycles. The zero-order valence-electron chi connectivity index (χ0n) is 11.0. The molecule has 0 unspecified atom stereocenters. The molecule has 98 valence electrons. The van der Waals surface area contributed by atoms with Gasteiger partial charge in [0.15, 0.2) is 0 Å². The molecule has 0 saturated heterocycles. The largest absolute Gasteiger partial charge is 0.399 e. The van der Waals surface area contributed by atoms with Crippen LogP contribution in [0.4, 0.5) is 5.69 Å². The van der Waals surface area contributed by atoms with E-state index in [2.05, 4.69) is 6.26 Å². The number of rotatable bonds is 5. The Morgan fingerprint density at radius 3 is 2.50 bits per heavy atom. The number of nitrogens with two attached hydrogens (primary N) is 1. The Kier molecular flexibility index (Phi) is 3.85. The Morgan fingerprint density at radius 2 is 2.00 bits per heavy atom. The highest BCUT2D eigenvalue weighted by atomic mass is 32.2. The van der Waals surface area contributed by atoms with Gasteiger partial charge in [0.1, 0.15) is 0 Å². The van der Waals surface area contributed by atoms with Gasteiger partial charge in [-0.3, -0.25) is 4.79 Å². The highest BCUT2D eigenvalue weighted by Crippen LogP contribution is 2.49. The number of carbonyl (C=O) groups excluding carboxylic acids is 1. The summed E-state index contributed by atoms with van der Waals surface area (Å²) in [6.07, 6.45) is 3.98. The Labute approximate surface area is 113 Å². The van der Waals surface area contributed by atoms with Crippen LogP contribution < -0.4 is 5.73 Å². The summed E-state index contributed by atoms with van der Waals surface area (Å²) in [5, 5.41) is 0. The first-order chi connectivity index (χ1) is 8.60. The van der Waals surface area contributed by atoms with Gasteiger partial charge >= 0.3 is 0 Å². The number of thioether (sulfide) groups is 1. The van der Waals surface area contributed by atoms with Crippen molar-refractivity contribution in [3.8, 4) is 0 Å². The zero-order valence-corrected chi connectivity index (χ0v) is 11.8. The van der Waals surface area contributed by atoms with Crippen molar-refractivity contribution in [3.05, 3.63) is 29.8 Å². The van der Waals surface area contributed by atoms with Gasteiger partial charge in [-0.05, 0) is 36.8 Å². The molecule has 3 nitrogen and oxygen atoms in total. The highest BCUT2D eigenvalue weighted by molar-refractivity contribution is 7.98. The molecule has 1 aliphatic carbocycles. The first-order valence-corrected chi connectivity index (χ1v) is 7.60. The number of likely N-dealkylation sites (N-methyl/N-ethyl adjacent to an activating group) is 1. The van der Waals surface area contributed by atoms with Crippen LogP contribution >= 0.6 is 11.8 Å². The third-order valence-corrected chi connectivity index (χ3v) is 4.19. The molecular weight excluding hydrogens is 244 g/mol. The summed E-state index contributed by atoms with van der Waals surface area (Å²) in [4.78, 5) is 14.4. The number of hydrogen-bond donors (Lipinski definition) is 1. The Hall–Kier alpha value is -1.16. The number of carbonyl (C=O) groups is 1. The van der Waals surface area contributed by atoms with E-state index in [9.17, 15) is 4.79 Å². The van der Waals surface area contributed by atoms with Crippen LogP contribution in [-0.2, 0) is 10.2 Å². The molecule has 0 heterocycles. The van der Waals surface area contributed by atoms with Crippen molar-refractivity contribution in [1.29, 1.82) is 0 Å². The number of amides is 1. The second kappa shape index (κ2) is 5.22. The van der Waals surface area contributed by atoms with E-state index in [0.717, 1.165) is 36.4 Å². The number of hydrogen-bond acceptors (Lipinski definition) is 3. The summed E-state index contributed by atoms with van der Waals surface area (Å²) in [6, 6.07) is 7.74. The van der Waals surface area contributed by atoms with Gasteiger partial charge in [0, 0.05) is 25.0 Å². The third-order valence-electron chi connectivity index (χ3n) is 3.60. The molecule has 1 amide bonds. The lowest BCUT2D eigenvalue weighted by molar-refractivity contribution is -0.132. The van der Waals surface area contributed by atoms with Crippen molar-refractivity contribution in [1.82, 2.24) is 4.90 Å². The quantitative estimate of drug-likeness (QED) is 0.829. The molecule has 0 spiro atoms. The van der Waals surface area contributed by atoms with Crippen LogP contribution in [0.3, 0.4) is 0 Å². The molecule has 1 aromatic rings. The molecule has 4 heteroatoms. The lowest BCUT2D eigenvalue weighted by Crippen LogP contribution is -2.37. The van der Waals surface area contributed by atoms with Crippen LogP contribution in [0.15, 0.2) is 24.3 Å². The first kappa shape index (κ1) is 13.3. The minimum Gasteiger partial charge on any atom is -0.399 e. The Balaban J connectivity index is 2.11. The second-order valence-electron chi connectivity index (χ2n) is 4.92. The Bertz CT molecular complexity index is 426. The number of benzene rings is 1. The molecule has 2 rings (SSSR count). The minimum atomic E-state index is -0.263. The predicted molar refractivity (Wildman–Crippen MR) is 77.8 cm³/mol. The van der Waals surface area contributed by atoms with E-state index in [1.165, 1.54) is 0 Å². The fraction of sp³-hybridized carbons (Fsp3) is 0.500. The lowest BCUT2D eigenvalue weighted by Gasteiger charge is -2.23. The summed E-state index contributed by atoms with van der Waals surface area (Å²) >= 11 is 1.77. The molecule has 0 radical (unpaired) electrons. The van der Waals surface area contributed by atoms with E-state index in [-0.39, 0.29) is 11.3 Å². The molecule has 1 fully saturated rings. The Morgan fingerprint density at radius 1 is 1.39 bits per heavy atom. The fourth-order valence-corrected chi connectivity index (χ4v) is 2.70. The smallest absolute Gasteiger partial charge is 0.232 e. The molecule has 0 bridgehead atoms. The summed E-state index contributed by atoms with van der Waals surface area (Å²) < 4.78 is 0. The van der Waals surface area contributed by atoms with Gasteiger partial charge in [-0.25, -0.2) is 0 Å². The van der Waals surface area contributed by atoms with Gasteiger partial charge in [0.25, 0.3) is 0 Å². The van der Waals surface area contributed by atoms with Crippen molar-refractivity contribution in [2.24, 2.45) is 0 Å². The maximum absolute atomic E-state index is 12.5. The van der Waals surface area contributed by atoms with Crippen LogP contribution in [0.1, 0.15) is 18.4 Å². The monoisotopic (exact) mass is 264 g/mol. The topological polar surface area (TPSA) is 46.3 Å². The highest BCUT2D eigenvalue weighted by Gasteiger charge is 2.52. The average Bonchev–Trinajstić information content (AvgIpc) is 3.17. The summed E-state index contributed by atoms with van der Waals surface area (Å²) in [5.41, 5.74) is 7.29. The van der Waals surface area contributed by atoms with E-state index < -0.39 is 0 Å². The van der Waals surface area contributed by atoms with Gasteiger partial charge in [0.05, 0.1) is 5.41 Å². The van der Waals surface area contributed by atoms with Crippen LogP contribution in [0.2, 0.25) is 0 Å². The molecule has 1 aliphatic rings. The standard InChI is InChI=1S/C14H20N2OS/c1-16(9-10-18-2)13(17)14(7-8-14)11-3-5-12(15)6-4-11/h3-6H,7-10,15H2,1-2H3. The van der Waals surface area contributed by atoms with Crippen LogP contribution in [-0.4, -0.2) is 36.4 Å². The molecular formula is C14H20N2OS. The number of nitrogens with zero attached hydrogens (tertiary/aromatic N) is 1. The van der Waals surface area contributed by atoms with Crippen molar-refractivity contribution in [2.45, 2.75) is 18.3 Å². The maximum atomic E-state index is 12.5. The van der Waals surface area contributed by atoms with Crippen LogP contribution in [0, 0.1) is 0 Å². The average molecular weight is 264 g/mol. The molecule has 0 atom stereocenters. The van der Waals surface area contributed by atoms with Gasteiger partial charge in [0.2, 0.25) is 5.91 Å². The predicted octanol–water partition coefficient (Wildman–Crippen LogP) is 2.12. The van der Waals surface area contributed by atoms with E-state index in [1.807, 2.05) is 36.2 Å². The van der Waals surface area contributed by atoms with Gasteiger partial charge in [-0.2, -0.15) is 11.8 Å². The van der Waals surface area contributed by atoms with E-state index in [1.54, 1.807) is 11.8 Å². The van der Waals surface area contributed by atoms with Gasteiger partial charge < -0.3 is 10.6 Å². The lowest BCUT2D eigenvalue weighted by atomic mass is 9.94. The molecule has 18 heavy (non-hydrogen) atoms. The van der Waals surface area contributed by atoms with Crippen molar-refractivity contribution in [2.75, 3.05) is 31.3 Å². The van der Waals surface area contributed by atoms with E-state index in [0.29, 0.717) is 0 Å². The third kappa shape index (κ3) is 2.48. The van der Waals surface area contributed by atoms with Crippen molar-refractivity contribution in [3.63, 3.8) is 0 Å². The van der Waals surface area contributed by atoms with Crippen LogP contribution in [0.25, 0.3) is 0 Å². The fourth-order valence-electron chi connectivity index (χ4n) is 2.25. The van der Waals surface area contributed by atoms with Crippen molar-refractivity contribution >= 4 is 23.4 Å². The zero-order chi connectivity index (χ0) is 13.2. The number of anilines is 1. The van der Waals surface area contributed by atoms with E-state index in [4.69, 9.17) is 5.73 Å².